The first-order valence-electron chi connectivity index (χ1n) is 7.79. The maximum atomic E-state index is 13.0. The van der Waals surface area contributed by atoms with E-state index in [1.54, 1.807) is 24.0 Å². The summed E-state index contributed by atoms with van der Waals surface area (Å²) < 4.78 is 0. The number of aromatic nitrogens is 1. The molecule has 1 unspecified atom stereocenters. The van der Waals surface area contributed by atoms with Crippen LogP contribution in [0.15, 0.2) is 41.2 Å². The SMILES string of the molecule is Cc1ccc(C(=O)N2CC(C)CN(C)c3ccccc32)c(=O)[nH]1. The van der Waals surface area contributed by atoms with E-state index >= 15 is 0 Å². The molecule has 5 heteroatoms. The molecule has 2 heterocycles. The van der Waals surface area contributed by atoms with Crippen molar-refractivity contribution in [1.82, 2.24) is 4.98 Å². The van der Waals surface area contributed by atoms with E-state index in [9.17, 15) is 9.59 Å². The maximum absolute atomic E-state index is 13.0. The fourth-order valence-corrected chi connectivity index (χ4v) is 3.13. The quantitative estimate of drug-likeness (QED) is 0.880. The Morgan fingerprint density at radius 1 is 1.13 bits per heavy atom. The van der Waals surface area contributed by atoms with E-state index < -0.39 is 0 Å². The number of anilines is 2. The number of hydrogen-bond acceptors (Lipinski definition) is 3. The summed E-state index contributed by atoms with van der Waals surface area (Å²) in [6.07, 6.45) is 0. The van der Waals surface area contributed by atoms with Crippen molar-refractivity contribution in [2.45, 2.75) is 13.8 Å². The summed E-state index contributed by atoms with van der Waals surface area (Å²) in [7, 11) is 2.03. The summed E-state index contributed by atoms with van der Waals surface area (Å²) in [6, 6.07) is 11.2. The van der Waals surface area contributed by atoms with E-state index in [1.807, 2.05) is 31.3 Å². The number of nitrogens with zero attached hydrogens (tertiary/aromatic N) is 2. The molecule has 5 nitrogen and oxygen atoms in total. The monoisotopic (exact) mass is 311 g/mol. The van der Waals surface area contributed by atoms with Gasteiger partial charge in [-0.3, -0.25) is 9.59 Å². The summed E-state index contributed by atoms with van der Waals surface area (Å²) in [5.74, 6) is 0.0572. The third kappa shape index (κ3) is 2.86. The van der Waals surface area contributed by atoms with Crippen LogP contribution in [0.1, 0.15) is 23.0 Å². The molecule has 3 rings (SSSR count). The van der Waals surface area contributed by atoms with E-state index in [0.717, 1.165) is 23.6 Å². The molecule has 2 aromatic rings. The van der Waals surface area contributed by atoms with Crippen LogP contribution < -0.4 is 15.4 Å². The van der Waals surface area contributed by atoms with Crippen molar-refractivity contribution in [1.29, 1.82) is 0 Å². The zero-order valence-corrected chi connectivity index (χ0v) is 13.7. The average Bonchev–Trinajstić information content (AvgIpc) is 2.64. The zero-order chi connectivity index (χ0) is 16.6. The lowest BCUT2D eigenvalue weighted by Gasteiger charge is -2.24. The first kappa shape index (κ1) is 15.3. The Morgan fingerprint density at radius 2 is 1.83 bits per heavy atom. The van der Waals surface area contributed by atoms with Crippen LogP contribution >= 0.6 is 0 Å². The van der Waals surface area contributed by atoms with Crippen molar-refractivity contribution >= 4 is 17.3 Å². The van der Waals surface area contributed by atoms with Gasteiger partial charge in [-0.15, -0.1) is 0 Å². The molecule has 0 spiro atoms. The number of carbonyl (C=O) groups excluding carboxylic acids is 1. The number of nitrogens with one attached hydrogen (secondary N) is 1. The van der Waals surface area contributed by atoms with E-state index in [1.165, 1.54) is 0 Å². The second-order valence-electron chi connectivity index (χ2n) is 6.27. The van der Waals surface area contributed by atoms with Gasteiger partial charge in [0.2, 0.25) is 0 Å². The maximum Gasteiger partial charge on any atom is 0.263 e. The summed E-state index contributed by atoms with van der Waals surface area (Å²) in [6.45, 7) is 5.37. The molecule has 1 atom stereocenters. The molecular formula is C18H21N3O2. The lowest BCUT2D eigenvalue weighted by molar-refractivity contribution is 0.0983. The lowest BCUT2D eigenvalue weighted by atomic mass is 10.1. The Kier molecular flexibility index (Phi) is 3.94. The van der Waals surface area contributed by atoms with Crippen molar-refractivity contribution in [3.05, 3.63) is 58.0 Å². The van der Waals surface area contributed by atoms with Crippen LogP contribution in [0.25, 0.3) is 0 Å². The predicted octanol–water partition coefficient (Wildman–Crippen LogP) is 2.42. The summed E-state index contributed by atoms with van der Waals surface area (Å²) in [5, 5.41) is 0. The number of pyridine rings is 1. The van der Waals surface area contributed by atoms with Gasteiger partial charge in [-0.05, 0) is 37.1 Å². The van der Waals surface area contributed by atoms with E-state index in [4.69, 9.17) is 0 Å². The number of aromatic amines is 1. The van der Waals surface area contributed by atoms with Gasteiger partial charge in [-0.1, -0.05) is 19.1 Å². The second-order valence-corrected chi connectivity index (χ2v) is 6.27. The highest BCUT2D eigenvalue weighted by atomic mass is 16.2. The molecule has 0 radical (unpaired) electrons. The molecule has 120 valence electrons. The predicted molar refractivity (Wildman–Crippen MR) is 92.4 cm³/mol. The number of amides is 1. The number of carbonyl (C=O) groups is 1. The Bertz CT molecular complexity index is 797. The largest absolute Gasteiger partial charge is 0.373 e. The van der Waals surface area contributed by atoms with Crippen LogP contribution in [0.3, 0.4) is 0 Å². The van der Waals surface area contributed by atoms with Gasteiger partial charge in [0.1, 0.15) is 5.56 Å². The Balaban J connectivity index is 2.08. The molecule has 1 aliphatic heterocycles. The lowest BCUT2D eigenvalue weighted by Crippen LogP contribution is -2.37. The molecule has 0 fully saturated rings. The number of hydrogen-bond donors (Lipinski definition) is 1. The molecule has 0 bridgehead atoms. The number of benzene rings is 1. The van der Waals surface area contributed by atoms with Crippen LogP contribution in [0, 0.1) is 12.8 Å². The highest BCUT2D eigenvalue weighted by Crippen LogP contribution is 2.33. The fourth-order valence-electron chi connectivity index (χ4n) is 3.13. The van der Waals surface area contributed by atoms with Crippen molar-refractivity contribution in [3.63, 3.8) is 0 Å². The molecule has 23 heavy (non-hydrogen) atoms. The third-order valence-corrected chi connectivity index (χ3v) is 4.19. The average molecular weight is 311 g/mol. The molecule has 0 aliphatic carbocycles. The molecule has 0 saturated carbocycles. The highest BCUT2D eigenvalue weighted by molar-refractivity contribution is 6.07. The third-order valence-electron chi connectivity index (χ3n) is 4.19. The van der Waals surface area contributed by atoms with Gasteiger partial charge in [0, 0.05) is 25.8 Å². The van der Waals surface area contributed by atoms with Crippen LogP contribution in [0.4, 0.5) is 11.4 Å². The Morgan fingerprint density at radius 3 is 2.52 bits per heavy atom. The first-order chi connectivity index (χ1) is 11.0. The van der Waals surface area contributed by atoms with Crippen LogP contribution in [0.5, 0.6) is 0 Å². The van der Waals surface area contributed by atoms with Crippen LogP contribution in [0.2, 0.25) is 0 Å². The molecule has 1 aromatic carbocycles. The van der Waals surface area contributed by atoms with Crippen molar-refractivity contribution < 1.29 is 4.79 Å². The molecule has 0 saturated heterocycles. The van der Waals surface area contributed by atoms with E-state index in [0.29, 0.717) is 12.5 Å². The zero-order valence-electron chi connectivity index (χ0n) is 13.7. The van der Waals surface area contributed by atoms with Crippen LogP contribution in [-0.2, 0) is 0 Å². The van der Waals surface area contributed by atoms with Gasteiger partial charge < -0.3 is 14.8 Å². The minimum atomic E-state index is -0.335. The van der Waals surface area contributed by atoms with E-state index in [-0.39, 0.29) is 17.0 Å². The second kappa shape index (κ2) is 5.91. The molecule has 1 amide bonds. The van der Waals surface area contributed by atoms with Gasteiger partial charge in [0.05, 0.1) is 11.4 Å². The number of para-hydroxylation sites is 2. The number of rotatable bonds is 1. The number of aryl methyl sites for hydroxylation is 1. The van der Waals surface area contributed by atoms with Gasteiger partial charge in [0.25, 0.3) is 11.5 Å². The minimum absolute atomic E-state index is 0.183. The van der Waals surface area contributed by atoms with Gasteiger partial charge in [0.15, 0.2) is 0 Å². The first-order valence-corrected chi connectivity index (χ1v) is 7.79. The highest BCUT2D eigenvalue weighted by Gasteiger charge is 2.28. The standard InChI is InChI=1S/C18H21N3O2/c1-12-10-20(3)15-6-4-5-7-16(15)21(11-12)18(23)14-9-8-13(2)19-17(14)22/h4-9,12H,10-11H2,1-3H3,(H,19,22). The van der Waals surface area contributed by atoms with Crippen LogP contribution in [-0.4, -0.2) is 31.0 Å². The number of fused-ring (bicyclic) bond motifs is 1. The normalized spacial score (nSPS) is 17.6. The topological polar surface area (TPSA) is 56.4 Å². The van der Waals surface area contributed by atoms with Crippen molar-refractivity contribution in [2.75, 3.05) is 29.9 Å². The van der Waals surface area contributed by atoms with Gasteiger partial charge in [-0.2, -0.15) is 0 Å². The molecule has 1 N–H and O–H groups in total. The summed E-state index contributed by atoms with van der Waals surface area (Å²) in [5.41, 5.74) is 2.45. The molecule has 1 aromatic heterocycles. The Labute approximate surface area is 135 Å². The Hall–Kier alpha value is -2.56. The summed E-state index contributed by atoms with van der Waals surface area (Å²) >= 11 is 0. The minimum Gasteiger partial charge on any atom is -0.373 e. The summed E-state index contributed by atoms with van der Waals surface area (Å²) in [4.78, 5) is 31.7. The van der Waals surface area contributed by atoms with E-state index in [2.05, 4.69) is 16.8 Å². The van der Waals surface area contributed by atoms with Crippen molar-refractivity contribution in [3.8, 4) is 0 Å². The van der Waals surface area contributed by atoms with Gasteiger partial charge in [-0.25, -0.2) is 0 Å². The smallest absolute Gasteiger partial charge is 0.263 e. The van der Waals surface area contributed by atoms with Crippen molar-refractivity contribution in [2.24, 2.45) is 5.92 Å². The number of H-pyrrole nitrogens is 1. The molecule has 1 aliphatic rings. The fraction of sp³-hybridized carbons (Fsp3) is 0.333. The molecular weight excluding hydrogens is 290 g/mol. The van der Waals surface area contributed by atoms with Gasteiger partial charge >= 0.3 is 0 Å².